The Hall–Kier alpha value is -1.32. The highest BCUT2D eigenvalue weighted by Crippen LogP contribution is 2.18. The second kappa shape index (κ2) is 5.34. The zero-order valence-corrected chi connectivity index (χ0v) is 10.6. The molecule has 17 heavy (non-hydrogen) atoms. The second-order valence-electron chi connectivity index (χ2n) is 5.17. The van der Waals surface area contributed by atoms with Crippen molar-refractivity contribution in [2.75, 3.05) is 0 Å². The van der Waals surface area contributed by atoms with E-state index in [9.17, 15) is 4.79 Å². The molecule has 0 saturated heterocycles. The standard InChI is InChI=1S/C13H21N3O/c1-9(2)11-8-12(16-15-11)13(17)14-10-6-4-3-5-7-10/h8-10H,3-7H2,1-2H3,(H,14,17)(H,15,16). The minimum Gasteiger partial charge on any atom is -0.348 e. The van der Waals surface area contributed by atoms with Gasteiger partial charge in [-0.1, -0.05) is 33.1 Å². The average molecular weight is 235 g/mol. The van der Waals surface area contributed by atoms with E-state index in [1.165, 1.54) is 19.3 Å². The summed E-state index contributed by atoms with van der Waals surface area (Å²) in [7, 11) is 0. The van der Waals surface area contributed by atoms with Gasteiger partial charge in [0, 0.05) is 11.7 Å². The summed E-state index contributed by atoms with van der Waals surface area (Å²) in [5.74, 6) is 0.332. The van der Waals surface area contributed by atoms with Crippen LogP contribution in [-0.2, 0) is 0 Å². The van der Waals surface area contributed by atoms with Gasteiger partial charge in [-0.15, -0.1) is 0 Å². The molecule has 0 atom stereocenters. The first-order valence-electron chi connectivity index (χ1n) is 6.53. The van der Waals surface area contributed by atoms with Crippen molar-refractivity contribution < 1.29 is 4.79 Å². The summed E-state index contributed by atoms with van der Waals surface area (Å²) in [5.41, 5.74) is 1.53. The fraction of sp³-hybridized carbons (Fsp3) is 0.692. The van der Waals surface area contributed by atoms with Crippen molar-refractivity contribution in [2.24, 2.45) is 0 Å². The first-order valence-corrected chi connectivity index (χ1v) is 6.53. The molecule has 1 saturated carbocycles. The van der Waals surface area contributed by atoms with Crippen LogP contribution in [0.15, 0.2) is 6.07 Å². The van der Waals surface area contributed by atoms with Crippen LogP contribution < -0.4 is 5.32 Å². The molecule has 0 bridgehead atoms. The van der Waals surface area contributed by atoms with E-state index in [2.05, 4.69) is 29.4 Å². The number of aromatic nitrogens is 2. The molecular weight excluding hydrogens is 214 g/mol. The molecule has 94 valence electrons. The summed E-state index contributed by atoms with van der Waals surface area (Å²) in [6.45, 7) is 4.16. The monoisotopic (exact) mass is 235 g/mol. The van der Waals surface area contributed by atoms with Crippen LogP contribution in [0, 0.1) is 0 Å². The van der Waals surface area contributed by atoms with Crippen molar-refractivity contribution >= 4 is 5.91 Å². The molecule has 1 aromatic heterocycles. The molecule has 4 heteroatoms. The molecule has 1 aliphatic carbocycles. The van der Waals surface area contributed by atoms with E-state index in [0.29, 0.717) is 17.7 Å². The van der Waals surface area contributed by atoms with Crippen molar-refractivity contribution in [3.05, 3.63) is 17.5 Å². The average Bonchev–Trinajstić information content (AvgIpc) is 2.79. The first kappa shape index (κ1) is 12.1. The summed E-state index contributed by atoms with van der Waals surface area (Å²) in [4.78, 5) is 12.0. The Morgan fingerprint density at radius 2 is 2.12 bits per heavy atom. The molecule has 2 N–H and O–H groups in total. The van der Waals surface area contributed by atoms with E-state index < -0.39 is 0 Å². The quantitative estimate of drug-likeness (QED) is 0.846. The predicted octanol–water partition coefficient (Wildman–Crippen LogP) is 2.60. The number of hydrogen-bond acceptors (Lipinski definition) is 2. The fourth-order valence-corrected chi connectivity index (χ4v) is 2.25. The number of amides is 1. The molecule has 1 aliphatic rings. The summed E-state index contributed by atoms with van der Waals surface area (Å²) < 4.78 is 0. The lowest BCUT2D eigenvalue weighted by atomic mass is 9.95. The Labute approximate surface area is 102 Å². The number of nitrogens with one attached hydrogen (secondary N) is 2. The van der Waals surface area contributed by atoms with E-state index in [1.807, 2.05) is 6.07 Å². The SMILES string of the molecule is CC(C)c1cc(C(=O)NC2CCCCC2)n[nH]1. The topological polar surface area (TPSA) is 57.8 Å². The molecule has 1 fully saturated rings. The van der Waals surface area contributed by atoms with Crippen LogP contribution in [0.5, 0.6) is 0 Å². The number of hydrogen-bond donors (Lipinski definition) is 2. The highest BCUT2D eigenvalue weighted by molar-refractivity contribution is 5.92. The number of carbonyl (C=O) groups excluding carboxylic acids is 1. The molecule has 0 unspecified atom stereocenters. The van der Waals surface area contributed by atoms with Crippen LogP contribution in [0.1, 0.15) is 68.1 Å². The third-order valence-corrected chi connectivity index (χ3v) is 3.39. The van der Waals surface area contributed by atoms with Crippen LogP contribution in [0.2, 0.25) is 0 Å². The summed E-state index contributed by atoms with van der Waals surface area (Å²) in [6.07, 6.45) is 5.96. The highest BCUT2D eigenvalue weighted by Gasteiger charge is 2.18. The number of aromatic amines is 1. The van der Waals surface area contributed by atoms with Gasteiger partial charge in [0.15, 0.2) is 0 Å². The van der Waals surface area contributed by atoms with Gasteiger partial charge in [-0.3, -0.25) is 9.89 Å². The summed E-state index contributed by atoms with van der Waals surface area (Å²) in [6, 6.07) is 2.19. The minimum absolute atomic E-state index is 0.0416. The maximum Gasteiger partial charge on any atom is 0.271 e. The Morgan fingerprint density at radius 1 is 1.41 bits per heavy atom. The summed E-state index contributed by atoms with van der Waals surface area (Å²) >= 11 is 0. The normalized spacial score (nSPS) is 17.4. The molecule has 0 aliphatic heterocycles. The second-order valence-corrected chi connectivity index (χ2v) is 5.17. The number of carbonyl (C=O) groups is 1. The third kappa shape index (κ3) is 3.08. The van der Waals surface area contributed by atoms with Crippen LogP contribution in [0.4, 0.5) is 0 Å². The van der Waals surface area contributed by atoms with Gasteiger partial charge in [-0.2, -0.15) is 5.10 Å². The number of H-pyrrole nitrogens is 1. The van der Waals surface area contributed by atoms with E-state index in [1.54, 1.807) is 0 Å². The first-order chi connectivity index (χ1) is 8.16. The largest absolute Gasteiger partial charge is 0.348 e. The zero-order valence-electron chi connectivity index (χ0n) is 10.6. The van der Waals surface area contributed by atoms with E-state index in [-0.39, 0.29) is 5.91 Å². The molecular formula is C13H21N3O. The van der Waals surface area contributed by atoms with Gasteiger partial charge >= 0.3 is 0 Å². The third-order valence-electron chi connectivity index (χ3n) is 3.39. The van der Waals surface area contributed by atoms with Crippen LogP contribution in [0.25, 0.3) is 0 Å². The molecule has 4 nitrogen and oxygen atoms in total. The molecule has 0 spiro atoms. The Morgan fingerprint density at radius 3 is 2.71 bits per heavy atom. The predicted molar refractivity (Wildman–Crippen MR) is 67.0 cm³/mol. The van der Waals surface area contributed by atoms with Gasteiger partial charge in [0.1, 0.15) is 5.69 Å². The summed E-state index contributed by atoms with van der Waals surface area (Å²) in [5, 5.41) is 10.0. The van der Waals surface area contributed by atoms with Gasteiger partial charge in [-0.05, 0) is 24.8 Å². The van der Waals surface area contributed by atoms with Crippen LogP contribution >= 0.6 is 0 Å². The van der Waals surface area contributed by atoms with Crippen molar-refractivity contribution in [1.29, 1.82) is 0 Å². The van der Waals surface area contributed by atoms with Crippen molar-refractivity contribution in [1.82, 2.24) is 15.5 Å². The van der Waals surface area contributed by atoms with Crippen LogP contribution in [-0.4, -0.2) is 22.1 Å². The van der Waals surface area contributed by atoms with E-state index in [4.69, 9.17) is 0 Å². The minimum atomic E-state index is -0.0416. The van der Waals surface area contributed by atoms with Crippen molar-refractivity contribution in [2.45, 2.75) is 57.9 Å². The maximum absolute atomic E-state index is 12.0. The molecule has 0 aromatic carbocycles. The Bertz CT molecular complexity index is 378. The number of nitrogens with zero attached hydrogens (tertiary/aromatic N) is 1. The Balaban J connectivity index is 1.94. The van der Waals surface area contributed by atoms with Crippen molar-refractivity contribution in [3.8, 4) is 0 Å². The van der Waals surface area contributed by atoms with E-state index in [0.717, 1.165) is 18.5 Å². The zero-order chi connectivity index (χ0) is 12.3. The smallest absolute Gasteiger partial charge is 0.271 e. The van der Waals surface area contributed by atoms with Gasteiger partial charge in [-0.25, -0.2) is 0 Å². The molecule has 1 amide bonds. The Kier molecular flexibility index (Phi) is 3.82. The highest BCUT2D eigenvalue weighted by atomic mass is 16.2. The number of rotatable bonds is 3. The molecule has 2 rings (SSSR count). The molecule has 1 aromatic rings. The lowest BCUT2D eigenvalue weighted by molar-refractivity contribution is 0.0922. The van der Waals surface area contributed by atoms with Crippen LogP contribution in [0.3, 0.4) is 0 Å². The molecule has 1 heterocycles. The van der Waals surface area contributed by atoms with Gasteiger partial charge in [0.2, 0.25) is 0 Å². The maximum atomic E-state index is 12.0. The van der Waals surface area contributed by atoms with Gasteiger partial charge < -0.3 is 5.32 Å². The molecule has 0 radical (unpaired) electrons. The van der Waals surface area contributed by atoms with Gasteiger partial charge in [0.05, 0.1) is 0 Å². The lowest BCUT2D eigenvalue weighted by Crippen LogP contribution is -2.36. The van der Waals surface area contributed by atoms with Gasteiger partial charge in [0.25, 0.3) is 5.91 Å². The fourth-order valence-electron chi connectivity index (χ4n) is 2.25. The van der Waals surface area contributed by atoms with Crippen molar-refractivity contribution in [3.63, 3.8) is 0 Å². The lowest BCUT2D eigenvalue weighted by Gasteiger charge is -2.22. The van der Waals surface area contributed by atoms with E-state index >= 15 is 0 Å².